The molecule has 0 spiro atoms. The van der Waals surface area contributed by atoms with Gasteiger partial charge in [0.1, 0.15) is 12.6 Å². The Morgan fingerprint density at radius 3 is 2.25 bits per heavy atom. The molecule has 7 nitrogen and oxygen atoms in total. The Bertz CT molecular complexity index is 1050. The van der Waals surface area contributed by atoms with Gasteiger partial charge in [-0.15, -0.1) is 0 Å². The van der Waals surface area contributed by atoms with Gasteiger partial charge >= 0.3 is 0 Å². The van der Waals surface area contributed by atoms with E-state index >= 15 is 0 Å². The zero-order valence-corrected chi connectivity index (χ0v) is 20.5. The summed E-state index contributed by atoms with van der Waals surface area (Å²) in [6.45, 7) is 3.54. The second-order valence-electron chi connectivity index (χ2n) is 7.18. The highest BCUT2D eigenvalue weighted by molar-refractivity contribution is 7.92. The maximum atomic E-state index is 13.4. The first kappa shape index (κ1) is 26.0. The standard InChI is InChI=1S/C22H27Cl2N3O4S/c1-4-20(22(29)25-5-2)26(14-16-11-12-17(23)13-19(16)24)21(28)15-27(32(3,30)31)18-9-7-6-8-10-18/h6-13,20H,4-5,14-15H2,1-3H3,(H,25,29)/t20-/m0/s1. The van der Waals surface area contributed by atoms with Gasteiger partial charge in [-0.3, -0.25) is 13.9 Å². The Balaban J connectivity index is 2.44. The minimum absolute atomic E-state index is 0.0247. The number of benzene rings is 2. The van der Waals surface area contributed by atoms with Crippen LogP contribution in [-0.4, -0.2) is 50.5 Å². The molecule has 0 aliphatic carbocycles. The highest BCUT2D eigenvalue weighted by Gasteiger charge is 2.31. The minimum atomic E-state index is -3.75. The van der Waals surface area contributed by atoms with E-state index in [9.17, 15) is 18.0 Å². The number of sulfonamides is 1. The fourth-order valence-corrected chi connectivity index (χ4v) is 4.57. The Kier molecular flexibility index (Phi) is 9.36. The molecular formula is C22H27Cl2N3O4S. The van der Waals surface area contributed by atoms with Crippen molar-refractivity contribution in [3.63, 3.8) is 0 Å². The fraction of sp³-hybridized carbons (Fsp3) is 0.364. The summed E-state index contributed by atoms with van der Waals surface area (Å²) in [7, 11) is -3.75. The third kappa shape index (κ3) is 6.85. The van der Waals surface area contributed by atoms with Crippen LogP contribution in [0.2, 0.25) is 10.0 Å². The Morgan fingerprint density at radius 2 is 1.72 bits per heavy atom. The number of amides is 2. The van der Waals surface area contributed by atoms with Crippen LogP contribution in [0, 0.1) is 0 Å². The van der Waals surface area contributed by atoms with Crippen molar-refractivity contribution in [2.24, 2.45) is 0 Å². The summed E-state index contributed by atoms with van der Waals surface area (Å²) >= 11 is 12.3. The maximum absolute atomic E-state index is 13.4. The molecule has 2 rings (SSSR count). The number of halogens is 2. The lowest BCUT2D eigenvalue weighted by molar-refractivity contribution is -0.140. The van der Waals surface area contributed by atoms with Crippen molar-refractivity contribution in [2.75, 3.05) is 23.7 Å². The van der Waals surface area contributed by atoms with E-state index < -0.39 is 28.5 Å². The van der Waals surface area contributed by atoms with E-state index in [1.54, 1.807) is 62.4 Å². The lowest BCUT2D eigenvalue weighted by atomic mass is 10.1. The van der Waals surface area contributed by atoms with Crippen LogP contribution in [0.3, 0.4) is 0 Å². The first-order valence-electron chi connectivity index (χ1n) is 10.1. The zero-order valence-electron chi connectivity index (χ0n) is 18.2. The van der Waals surface area contributed by atoms with Crippen molar-refractivity contribution in [1.29, 1.82) is 0 Å². The Hall–Kier alpha value is -2.29. The molecule has 2 aromatic carbocycles. The summed E-state index contributed by atoms with van der Waals surface area (Å²) in [5.74, 6) is -0.845. The molecule has 174 valence electrons. The third-order valence-electron chi connectivity index (χ3n) is 4.82. The van der Waals surface area contributed by atoms with E-state index in [0.717, 1.165) is 10.6 Å². The largest absolute Gasteiger partial charge is 0.355 e. The van der Waals surface area contributed by atoms with E-state index in [-0.39, 0.29) is 12.5 Å². The third-order valence-corrected chi connectivity index (χ3v) is 6.54. The molecule has 0 radical (unpaired) electrons. The number of nitrogens with zero attached hydrogens (tertiary/aromatic N) is 2. The van der Waals surface area contributed by atoms with Crippen LogP contribution in [0.25, 0.3) is 0 Å². The summed E-state index contributed by atoms with van der Waals surface area (Å²) in [6.07, 6.45) is 1.38. The molecule has 0 unspecified atom stereocenters. The van der Waals surface area contributed by atoms with E-state index in [2.05, 4.69) is 5.32 Å². The number of para-hydroxylation sites is 1. The van der Waals surface area contributed by atoms with E-state index in [1.165, 1.54) is 4.90 Å². The average Bonchev–Trinajstić information content (AvgIpc) is 2.73. The predicted octanol–water partition coefficient (Wildman–Crippen LogP) is 3.70. The maximum Gasteiger partial charge on any atom is 0.244 e. The molecule has 10 heteroatoms. The summed E-state index contributed by atoms with van der Waals surface area (Å²) in [6, 6.07) is 12.4. The lowest BCUT2D eigenvalue weighted by Gasteiger charge is -2.33. The number of hydrogen-bond acceptors (Lipinski definition) is 4. The van der Waals surface area contributed by atoms with Gasteiger partial charge < -0.3 is 10.2 Å². The van der Waals surface area contributed by atoms with Gasteiger partial charge in [0.05, 0.1) is 11.9 Å². The first-order valence-corrected chi connectivity index (χ1v) is 12.7. The fourth-order valence-electron chi connectivity index (χ4n) is 3.25. The van der Waals surface area contributed by atoms with Gasteiger partial charge in [0, 0.05) is 23.1 Å². The predicted molar refractivity (Wildman–Crippen MR) is 128 cm³/mol. The number of carbonyl (C=O) groups excluding carboxylic acids is 2. The molecule has 0 saturated carbocycles. The minimum Gasteiger partial charge on any atom is -0.355 e. The second-order valence-corrected chi connectivity index (χ2v) is 9.93. The summed E-state index contributed by atoms with van der Waals surface area (Å²) in [5, 5.41) is 3.53. The van der Waals surface area contributed by atoms with Crippen molar-refractivity contribution in [1.82, 2.24) is 10.2 Å². The molecule has 2 amide bonds. The van der Waals surface area contributed by atoms with Gasteiger partial charge in [-0.25, -0.2) is 8.42 Å². The molecule has 0 aromatic heterocycles. The average molecular weight is 500 g/mol. The van der Waals surface area contributed by atoms with Crippen LogP contribution >= 0.6 is 23.2 Å². The number of nitrogens with one attached hydrogen (secondary N) is 1. The normalized spacial score (nSPS) is 12.2. The highest BCUT2D eigenvalue weighted by Crippen LogP contribution is 2.24. The van der Waals surface area contributed by atoms with Crippen LogP contribution in [-0.2, 0) is 26.2 Å². The number of carbonyl (C=O) groups is 2. The summed E-state index contributed by atoms with van der Waals surface area (Å²) in [5.41, 5.74) is 0.955. The SMILES string of the molecule is CCNC(=O)[C@H](CC)N(Cc1ccc(Cl)cc1Cl)C(=O)CN(c1ccccc1)S(C)(=O)=O. The smallest absolute Gasteiger partial charge is 0.244 e. The van der Waals surface area contributed by atoms with Crippen LogP contribution in [0.1, 0.15) is 25.8 Å². The molecule has 1 atom stereocenters. The number of rotatable bonds is 10. The molecule has 0 saturated heterocycles. The Morgan fingerprint density at radius 1 is 1.06 bits per heavy atom. The number of likely N-dealkylation sites (N-methyl/N-ethyl adjacent to an activating group) is 1. The van der Waals surface area contributed by atoms with Crippen LogP contribution in [0.15, 0.2) is 48.5 Å². The quantitative estimate of drug-likeness (QED) is 0.539. The number of anilines is 1. The molecular weight excluding hydrogens is 473 g/mol. The van der Waals surface area contributed by atoms with Crippen molar-refractivity contribution in [3.8, 4) is 0 Å². The molecule has 0 aliphatic heterocycles. The van der Waals surface area contributed by atoms with E-state index in [4.69, 9.17) is 23.2 Å². The molecule has 0 fully saturated rings. The van der Waals surface area contributed by atoms with E-state index in [0.29, 0.717) is 34.3 Å². The molecule has 0 heterocycles. The monoisotopic (exact) mass is 499 g/mol. The molecule has 0 bridgehead atoms. The van der Waals surface area contributed by atoms with Gasteiger partial charge in [0.2, 0.25) is 21.8 Å². The van der Waals surface area contributed by atoms with Gasteiger partial charge in [0.15, 0.2) is 0 Å². The lowest BCUT2D eigenvalue weighted by Crippen LogP contribution is -2.52. The molecule has 32 heavy (non-hydrogen) atoms. The molecule has 1 N–H and O–H groups in total. The van der Waals surface area contributed by atoms with Gasteiger partial charge in [-0.2, -0.15) is 0 Å². The van der Waals surface area contributed by atoms with Gasteiger partial charge in [0.25, 0.3) is 0 Å². The molecule has 0 aliphatic rings. The topological polar surface area (TPSA) is 86.8 Å². The van der Waals surface area contributed by atoms with Crippen molar-refractivity contribution in [2.45, 2.75) is 32.9 Å². The van der Waals surface area contributed by atoms with Crippen molar-refractivity contribution >= 4 is 50.7 Å². The van der Waals surface area contributed by atoms with Crippen molar-refractivity contribution in [3.05, 3.63) is 64.1 Å². The summed E-state index contributed by atoms with van der Waals surface area (Å²) < 4.78 is 25.9. The first-order chi connectivity index (χ1) is 15.1. The van der Waals surface area contributed by atoms with E-state index in [1.807, 2.05) is 0 Å². The summed E-state index contributed by atoms with van der Waals surface area (Å²) in [4.78, 5) is 27.5. The van der Waals surface area contributed by atoms with Crippen LogP contribution in [0.5, 0.6) is 0 Å². The van der Waals surface area contributed by atoms with Crippen molar-refractivity contribution < 1.29 is 18.0 Å². The number of hydrogen-bond donors (Lipinski definition) is 1. The molecule has 2 aromatic rings. The Labute approximate surface area is 199 Å². The second kappa shape index (κ2) is 11.5. The van der Waals surface area contributed by atoms with Gasteiger partial charge in [-0.1, -0.05) is 54.4 Å². The highest BCUT2D eigenvalue weighted by atomic mass is 35.5. The van der Waals surface area contributed by atoms with Gasteiger partial charge in [-0.05, 0) is 43.2 Å². The van der Waals surface area contributed by atoms with Crippen LogP contribution < -0.4 is 9.62 Å². The van der Waals surface area contributed by atoms with Crippen LogP contribution in [0.4, 0.5) is 5.69 Å². The zero-order chi connectivity index (χ0) is 23.9.